The molecule has 0 bridgehead atoms. The Morgan fingerprint density at radius 1 is 1.53 bits per heavy atom. The van der Waals surface area contributed by atoms with Crippen LogP contribution in [0.15, 0.2) is 0 Å². The van der Waals surface area contributed by atoms with Crippen molar-refractivity contribution in [2.75, 3.05) is 26.2 Å². The second kappa shape index (κ2) is 6.39. The largest absolute Gasteiger partial charge is 0.374 e. The first-order chi connectivity index (χ1) is 8.35. The van der Waals surface area contributed by atoms with Gasteiger partial charge in [0.15, 0.2) is 0 Å². The third-order valence-electron chi connectivity index (χ3n) is 3.83. The lowest BCUT2D eigenvalue weighted by atomic mass is 10.0. The molecular weight excluding hydrogens is 212 g/mol. The molecule has 2 aliphatic heterocycles. The molecule has 0 saturated carbocycles. The van der Waals surface area contributed by atoms with Crippen molar-refractivity contribution in [1.82, 2.24) is 10.2 Å². The third kappa shape index (κ3) is 3.22. The van der Waals surface area contributed by atoms with E-state index in [2.05, 4.69) is 29.0 Å². The molecule has 3 unspecified atom stereocenters. The van der Waals surface area contributed by atoms with E-state index < -0.39 is 0 Å². The van der Waals surface area contributed by atoms with Crippen LogP contribution in [0.3, 0.4) is 0 Å². The molecule has 3 atom stereocenters. The zero-order valence-electron chi connectivity index (χ0n) is 11.0. The quantitative estimate of drug-likeness (QED) is 0.743. The summed E-state index contributed by atoms with van der Waals surface area (Å²) in [7, 11) is 0. The summed E-state index contributed by atoms with van der Waals surface area (Å²) in [5, 5.41) is 3.51. The van der Waals surface area contributed by atoms with Crippen molar-refractivity contribution in [3.05, 3.63) is 0 Å². The van der Waals surface area contributed by atoms with Crippen molar-refractivity contribution in [1.29, 1.82) is 0 Å². The molecule has 0 aromatic heterocycles. The molecule has 0 aliphatic carbocycles. The molecule has 0 aromatic rings. The van der Waals surface area contributed by atoms with Gasteiger partial charge in [-0.15, -0.1) is 11.8 Å². The Bertz CT molecular complexity index is 294. The summed E-state index contributed by atoms with van der Waals surface area (Å²) in [4.78, 5) is 2.60. The topological polar surface area (TPSA) is 24.5 Å². The van der Waals surface area contributed by atoms with Crippen molar-refractivity contribution < 1.29 is 4.74 Å². The van der Waals surface area contributed by atoms with Gasteiger partial charge in [-0.25, -0.2) is 0 Å². The van der Waals surface area contributed by atoms with Gasteiger partial charge >= 0.3 is 0 Å². The first-order valence-corrected chi connectivity index (χ1v) is 6.83. The summed E-state index contributed by atoms with van der Waals surface area (Å²) in [6.45, 7) is 8.27. The molecule has 1 N–H and O–H groups in total. The number of nitrogens with one attached hydrogen (secondary N) is 1. The minimum Gasteiger partial charge on any atom is -0.374 e. The molecule has 3 nitrogen and oxygen atoms in total. The second-order valence-electron chi connectivity index (χ2n) is 4.96. The van der Waals surface area contributed by atoms with Gasteiger partial charge in [-0.2, -0.15) is 0 Å². The summed E-state index contributed by atoms with van der Waals surface area (Å²) in [6.07, 6.45) is 3.85. The number of hydrogen-bond donors (Lipinski definition) is 1. The standard InChI is InChI=1S/C14H24N2O/c1-3-5-8-13(15-4-2)14-10-16-9-6-7-12(16)11-17-14/h12-15H,4,6-11H2,1-2H3. The van der Waals surface area contributed by atoms with Crippen molar-refractivity contribution >= 4 is 0 Å². The monoisotopic (exact) mass is 236 g/mol. The minimum absolute atomic E-state index is 0.310. The van der Waals surface area contributed by atoms with Crippen LogP contribution < -0.4 is 5.32 Å². The predicted octanol–water partition coefficient (Wildman–Crippen LogP) is 1.24. The molecule has 3 heteroatoms. The molecule has 96 valence electrons. The highest BCUT2D eigenvalue weighted by Gasteiger charge is 2.35. The van der Waals surface area contributed by atoms with Crippen LogP contribution in [0, 0.1) is 11.8 Å². The van der Waals surface area contributed by atoms with Gasteiger partial charge in [0.25, 0.3) is 0 Å². The maximum atomic E-state index is 6.03. The van der Waals surface area contributed by atoms with E-state index in [-0.39, 0.29) is 0 Å². The van der Waals surface area contributed by atoms with Crippen LogP contribution in [-0.2, 0) is 4.74 Å². The summed E-state index contributed by atoms with van der Waals surface area (Å²) >= 11 is 0. The van der Waals surface area contributed by atoms with E-state index in [1.165, 1.54) is 19.4 Å². The van der Waals surface area contributed by atoms with Gasteiger partial charge in [0.05, 0.1) is 12.7 Å². The first-order valence-electron chi connectivity index (χ1n) is 6.83. The number of likely N-dealkylation sites (N-methyl/N-ethyl adjacent to an activating group) is 1. The maximum Gasteiger partial charge on any atom is 0.0864 e. The van der Waals surface area contributed by atoms with Crippen LogP contribution in [-0.4, -0.2) is 49.3 Å². The molecule has 2 rings (SSSR count). The first kappa shape index (κ1) is 12.9. The summed E-state index contributed by atoms with van der Waals surface area (Å²) in [5.41, 5.74) is 0. The lowest BCUT2D eigenvalue weighted by Gasteiger charge is -2.38. The smallest absolute Gasteiger partial charge is 0.0864 e. The van der Waals surface area contributed by atoms with Crippen molar-refractivity contribution in [3.8, 4) is 11.8 Å². The summed E-state index contributed by atoms with van der Waals surface area (Å²) in [6, 6.07) is 1.07. The van der Waals surface area contributed by atoms with E-state index in [0.29, 0.717) is 18.2 Å². The average Bonchev–Trinajstić information content (AvgIpc) is 2.81. The molecule has 0 radical (unpaired) electrons. The highest BCUT2D eigenvalue weighted by atomic mass is 16.5. The molecule has 2 saturated heterocycles. The molecular formula is C14H24N2O. The molecule has 0 amide bonds. The third-order valence-corrected chi connectivity index (χ3v) is 3.83. The van der Waals surface area contributed by atoms with Gasteiger partial charge in [-0.3, -0.25) is 4.90 Å². The number of fused-ring (bicyclic) bond motifs is 1. The zero-order valence-corrected chi connectivity index (χ0v) is 11.0. The fourth-order valence-corrected chi connectivity index (χ4v) is 2.90. The molecule has 0 spiro atoms. The van der Waals surface area contributed by atoms with Gasteiger partial charge in [0.1, 0.15) is 0 Å². The van der Waals surface area contributed by atoms with Crippen LogP contribution >= 0.6 is 0 Å². The van der Waals surface area contributed by atoms with E-state index in [1.807, 2.05) is 6.92 Å². The average molecular weight is 236 g/mol. The van der Waals surface area contributed by atoms with Crippen LogP contribution in [0.25, 0.3) is 0 Å². The van der Waals surface area contributed by atoms with E-state index in [1.54, 1.807) is 0 Å². The van der Waals surface area contributed by atoms with Crippen molar-refractivity contribution in [2.24, 2.45) is 0 Å². The highest BCUT2D eigenvalue weighted by molar-refractivity contribution is 5.01. The van der Waals surface area contributed by atoms with Gasteiger partial charge in [0.2, 0.25) is 0 Å². The lowest BCUT2D eigenvalue weighted by molar-refractivity contribution is -0.0635. The Balaban J connectivity index is 1.91. The highest BCUT2D eigenvalue weighted by Crippen LogP contribution is 2.24. The fourth-order valence-electron chi connectivity index (χ4n) is 2.90. The number of morpholine rings is 1. The Labute approximate surface area is 105 Å². The molecule has 2 fully saturated rings. The zero-order chi connectivity index (χ0) is 12.1. The Kier molecular flexibility index (Phi) is 4.85. The van der Waals surface area contributed by atoms with Crippen LogP contribution in [0.5, 0.6) is 0 Å². The van der Waals surface area contributed by atoms with Crippen LogP contribution in [0.2, 0.25) is 0 Å². The lowest BCUT2D eigenvalue weighted by Crippen LogP contribution is -2.54. The fraction of sp³-hybridized carbons (Fsp3) is 0.857. The van der Waals surface area contributed by atoms with Gasteiger partial charge in [-0.1, -0.05) is 6.92 Å². The summed E-state index contributed by atoms with van der Waals surface area (Å²) < 4.78 is 6.03. The Hall–Kier alpha value is -0.560. The SMILES string of the molecule is CC#CCC(NCC)C1CN2CCCC2CO1. The van der Waals surface area contributed by atoms with Crippen molar-refractivity contribution in [3.63, 3.8) is 0 Å². The number of hydrogen-bond acceptors (Lipinski definition) is 3. The van der Waals surface area contributed by atoms with E-state index in [0.717, 1.165) is 26.1 Å². The molecule has 2 aliphatic rings. The number of rotatable bonds is 4. The Morgan fingerprint density at radius 2 is 2.41 bits per heavy atom. The van der Waals surface area contributed by atoms with E-state index in [4.69, 9.17) is 4.74 Å². The maximum absolute atomic E-state index is 6.03. The predicted molar refractivity (Wildman–Crippen MR) is 69.9 cm³/mol. The second-order valence-corrected chi connectivity index (χ2v) is 4.96. The van der Waals surface area contributed by atoms with Gasteiger partial charge in [0, 0.05) is 25.0 Å². The molecule has 2 heterocycles. The summed E-state index contributed by atoms with van der Waals surface area (Å²) in [5.74, 6) is 6.16. The normalized spacial score (nSPS) is 30.5. The minimum atomic E-state index is 0.310. The number of ether oxygens (including phenoxy) is 1. The molecule has 0 aromatic carbocycles. The Morgan fingerprint density at radius 3 is 3.18 bits per heavy atom. The van der Waals surface area contributed by atoms with E-state index >= 15 is 0 Å². The van der Waals surface area contributed by atoms with Crippen LogP contribution in [0.1, 0.15) is 33.1 Å². The van der Waals surface area contributed by atoms with E-state index in [9.17, 15) is 0 Å². The van der Waals surface area contributed by atoms with Crippen molar-refractivity contribution in [2.45, 2.75) is 51.3 Å². The van der Waals surface area contributed by atoms with Gasteiger partial charge in [-0.05, 0) is 32.9 Å². The van der Waals surface area contributed by atoms with Gasteiger partial charge < -0.3 is 10.1 Å². The van der Waals surface area contributed by atoms with Crippen LogP contribution in [0.4, 0.5) is 0 Å². The number of nitrogens with zero attached hydrogens (tertiary/aromatic N) is 1. The molecule has 17 heavy (non-hydrogen) atoms.